The number of nitrogens with two attached hydrogens (primary N) is 1. The van der Waals surface area contributed by atoms with E-state index in [1.807, 2.05) is 31.3 Å². The van der Waals surface area contributed by atoms with Gasteiger partial charge in [0.1, 0.15) is 17.0 Å². The van der Waals surface area contributed by atoms with Crippen LogP contribution < -0.4 is 11.1 Å². The first kappa shape index (κ1) is 13.2. The molecule has 2 aromatic rings. The molecule has 22 heavy (non-hydrogen) atoms. The average molecular weight is 294 g/mol. The summed E-state index contributed by atoms with van der Waals surface area (Å²) >= 11 is 0. The predicted octanol–water partition coefficient (Wildman–Crippen LogP) is 2.52. The number of likely N-dealkylation sites (N-methyl/N-ethyl adjacent to an activating group) is 1. The highest BCUT2D eigenvalue weighted by atomic mass is 16.3. The van der Waals surface area contributed by atoms with Gasteiger partial charge < -0.3 is 20.4 Å². The Kier molecular flexibility index (Phi) is 3.03. The highest BCUT2D eigenvalue weighted by Crippen LogP contribution is 2.40. The van der Waals surface area contributed by atoms with E-state index in [2.05, 4.69) is 20.9 Å². The maximum atomic E-state index is 6.07. The summed E-state index contributed by atoms with van der Waals surface area (Å²) in [5.41, 5.74) is 12.6. The lowest BCUT2D eigenvalue weighted by atomic mass is 10.2. The molecule has 4 rings (SSSR count). The van der Waals surface area contributed by atoms with Crippen LogP contribution in [0.3, 0.4) is 0 Å². The number of rotatable bonds is 2. The van der Waals surface area contributed by atoms with Gasteiger partial charge in [0, 0.05) is 42.5 Å². The van der Waals surface area contributed by atoms with Crippen LogP contribution in [0.15, 0.2) is 39.4 Å². The number of furan rings is 1. The second kappa shape index (κ2) is 5.05. The lowest BCUT2D eigenvalue weighted by Crippen LogP contribution is -2.28. The Morgan fingerprint density at radius 2 is 2.36 bits per heavy atom. The molecule has 1 fully saturated rings. The molecule has 3 N–H and O–H groups in total. The number of benzene rings is 1. The molecular weight excluding hydrogens is 276 g/mol. The second-order valence-corrected chi connectivity index (χ2v) is 5.69. The van der Waals surface area contributed by atoms with Gasteiger partial charge in [0.15, 0.2) is 5.76 Å². The first-order valence-corrected chi connectivity index (χ1v) is 7.50. The topological polar surface area (TPSA) is 66.8 Å². The van der Waals surface area contributed by atoms with E-state index in [1.54, 1.807) is 6.21 Å². The van der Waals surface area contributed by atoms with E-state index in [0.29, 0.717) is 11.7 Å². The van der Waals surface area contributed by atoms with E-state index in [1.165, 1.54) is 0 Å². The van der Waals surface area contributed by atoms with Gasteiger partial charge in [-0.15, -0.1) is 0 Å². The first-order chi connectivity index (χ1) is 10.8. The van der Waals surface area contributed by atoms with Gasteiger partial charge in [-0.1, -0.05) is 5.73 Å². The van der Waals surface area contributed by atoms with Crippen LogP contribution in [0, 0.1) is 0 Å². The molecule has 1 aromatic heterocycles. The van der Waals surface area contributed by atoms with Crippen LogP contribution in [-0.4, -0.2) is 37.3 Å². The summed E-state index contributed by atoms with van der Waals surface area (Å²) in [5.74, 6) is 0.780. The Labute approximate surface area is 128 Å². The maximum Gasteiger partial charge on any atom is 0.185 e. The molecule has 2 aliphatic rings. The third-order valence-electron chi connectivity index (χ3n) is 4.31. The van der Waals surface area contributed by atoms with Gasteiger partial charge in [-0.2, -0.15) is 0 Å². The minimum absolute atomic E-state index is 0.502. The van der Waals surface area contributed by atoms with Gasteiger partial charge in [0.25, 0.3) is 0 Å². The molecule has 5 nitrogen and oxygen atoms in total. The zero-order chi connectivity index (χ0) is 15.1. The molecule has 2 aliphatic heterocycles. The summed E-state index contributed by atoms with van der Waals surface area (Å²) in [6.45, 7) is 1.94. The van der Waals surface area contributed by atoms with Crippen molar-refractivity contribution in [3.63, 3.8) is 0 Å². The molecular formula is C17H18N4O. The van der Waals surface area contributed by atoms with Crippen LogP contribution in [0.4, 0.5) is 11.4 Å². The number of anilines is 1. The third kappa shape index (κ3) is 2.03. The Morgan fingerprint density at radius 1 is 1.45 bits per heavy atom. The molecule has 0 radical (unpaired) electrons. The molecule has 0 unspecified atom stereocenters. The zero-order valence-electron chi connectivity index (χ0n) is 12.5. The van der Waals surface area contributed by atoms with Crippen molar-refractivity contribution in [2.75, 3.05) is 25.9 Å². The van der Waals surface area contributed by atoms with Gasteiger partial charge in [-0.05, 0) is 31.7 Å². The van der Waals surface area contributed by atoms with Crippen molar-refractivity contribution in [3.8, 4) is 0 Å². The molecule has 3 heterocycles. The Hall–Kier alpha value is -2.49. The van der Waals surface area contributed by atoms with Crippen LogP contribution in [-0.2, 0) is 0 Å². The monoisotopic (exact) mass is 294 g/mol. The summed E-state index contributed by atoms with van der Waals surface area (Å²) in [5, 5.41) is 4.28. The summed E-state index contributed by atoms with van der Waals surface area (Å²) in [6, 6.07) is 6.16. The van der Waals surface area contributed by atoms with E-state index in [9.17, 15) is 0 Å². The number of nitrogen functional groups attached to an aromatic ring is 1. The Morgan fingerprint density at radius 3 is 3.18 bits per heavy atom. The number of allylic oxidation sites excluding steroid dienone is 1. The summed E-state index contributed by atoms with van der Waals surface area (Å²) in [7, 11) is 2.00. The van der Waals surface area contributed by atoms with Gasteiger partial charge in [0.05, 0.1) is 0 Å². The van der Waals surface area contributed by atoms with Crippen LogP contribution in [0.2, 0.25) is 0 Å². The zero-order valence-corrected chi connectivity index (χ0v) is 12.5. The highest BCUT2D eigenvalue weighted by molar-refractivity contribution is 5.99. The second-order valence-electron chi connectivity index (χ2n) is 5.69. The number of hydrogen-bond acceptors (Lipinski definition) is 5. The van der Waals surface area contributed by atoms with Crippen molar-refractivity contribution in [1.29, 1.82) is 0 Å². The predicted molar refractivity (Wildman–Crippen MR) is 89.3 cm³/mol. The van der Waals surface area contributed by atoms with E-state index in [4.69, 9.17) is 10.2 Å². The molecule has 0 aliphatic carbocycles. The minimum atomic E-state index is 0.502. The minimum Gasteiger partial charge on any atom is -0.451 e. The van der Waals surface area contributed by atoms with Crippen molar-refractivity contribution in [1.82, 2.24) is 10.2 Å². The van der Waals surface area contributed by atoms with E-state index < -0.39 is 0 Å². The van der Waals surface area contributed by atoms with Crippen molar-refractivity contribution in [2.24, 2.45) is 4.99 Å². The van der Waals surface area contributed by atoms with Crippen molar-refractivity contribution < 1.29 is 4.42 Å². The number of aliphatic imine (C=N–C) groups is 1. The number of nitrogens with zero attached hydrogens (tertiary/aromatic N) is 2. The molecule has 1 saturated heterocycles. The van der Waals surface area contributed by atoms with Crippen molar-refractivity contribution >= 4 is 34.3 Å². The molecule has 5 heteroatoms. The van der Waals surface area contributed by atoms with Gasteiger partial charge in [-0.25, -0.2) is 0 Å². The smallest absolute Gasteiger partial charge is 0.185 e. The molecule has 0 amide bonds. The van der Waals surface area contributed by atoms with Crippen LogP contribution in [0.1, 0.15) is 12.2 Å². The van der Waals surface area contributed by atoms with E-state index in [-0.39, 0.29) is 0 Å². The summed E-state index contributed by atoms with van der Waals surface area (Å²) in [4.78, 5) is 6.82. The SMILES string of the molecule is CN[C@@H]1CCN(C2=C=CC=Nc3c2oc2ccc(N)cc32)C1. The van der Waals surface area contributed by atoms with E-state index >= 15 is 0 Å². The maximum absolute atomic E-state index is 6.07. The fraction of sp³-hybridized carbons (Fsp3) is 0.294. The van der Waals surface area contributed by atoms with Crippen LogP contribution in [0.25, 0.3) is 16.7 Å². The Bertz CT molecular complexity index is 827. The van der Waals surface area contributed by atoms with Crippen molar-refractivity contribution in [2.45, 2.75) is 12.5 Å². The average Bonchev–Trinajstić information content (AvgIpc) is 3.07. The van der Waals surface area contributed by atoms with Crippen molar-refractivity contribution in [3.05, 3.63) is 35.8 Å². The molecule has 0 saturated carbocycles. The van der Waals surface area contributed by atoms with Crippen LogP contribution in [0.5, 0.6) is 0 Å². The molecule has 1 atom stereocenters. The van der Waals surface area contributed by atoms with E-state index in [0.717, 1.165) is 47.6 Å². The third-order valence-corrected chi connectivity index (χ3v) is 4.31. The van der Waals surface area contributed by atoms with Crippen LogP contribution >= 0.6 is 0 Å². The van der Waals surface area contributed by atoms with Gasteiger partial charge in [0.2, 0.25) is 0 Å². The summed E-state index contributed by atoms with van der Waals surface area (Å²) < 4.78 is 6.07. The number of nitrogens with one attached hydrogen (secondary N) is 1. The fourth-order valence-corrected chi connectivity index (χ4v) is 3.12. The largest absolute Gasteiger partial charge is 0.451 e. The standard InChI is InChI=1S/C17H18N4O/c1-19-12-6-8-21(10-12)14-3-2-7-20-16-13-9-11(18)4-5-15(13)22-17(14)16/h2,4-5,7,9,12,19H,6,8,10,18H2,1H3/t12-/m1/s1. The fourth-order valence-electron chi connectivity index (χ4n) is 3.12. The number of hydrogen-bond donors (Lipinski definition) is 2. The summed E-state index contributed by atoms with van der Waals surface area (Å²) in [6.07, 6.45) is 4.72. The molecule has 0 bridgehead atoms. The lowest BCUT2D eigenvalue weighted by molar-refractivity contribution is 0.452. The first-order valence-electron chi connectivity index (χ1n) is 7.50. The molecule has 1 aromatic carbocycles. The lowest BCUT2D eigenvalue weighted by Gasteiger charge is -2.18. The number of fused-ring (bicyclic) bond motifs is 3. The quantitative estimate of drug-likeness (QED) is 0.660. The normalized spacial score (nSPS) is 20.3. The molecule has 112 valence electrons. The van der Waals surface area contributed by atoms with Gasteiger partial charge >= 0.3 is 0 Å². The molecule has 0 spiro atoms. The Balaban J connectivity index is 1.84. The number of likely N-dealkylation sites (tertiary alicyclic amines) is 1. The van der Waals surface area contributed by atoms with Gasteiger partial charge in [-0.3, -0.25) is 4.99 Å². The highest BCUT2D eigenvalue weighted by Gasteiger charge is 2.28.